The molecule has 2 N–H and O–H groups in total. The van der Waals surface area contributed by atoms with Crippen molar-refractivity contribution in [2.75, 3.05) is 20.1 Å². The highest BCUT2D eigenvalue weighted by Gasteiger charge is 2.29. The van der Waals surface area contributed by atoms with Crippen molar-refractivity contribution in [3.05, 3.63) is 64.0 Å². The zero-order valence-corrected chi connectivity index (χ0v) is 15.2. The van der Waals surface area contributed by atoms with Gasteiger partial charge in [-0.25, -0.2) is 0 Å². The Kier molecular flexibility index (Phi) is 4.94. The molecule has 5 nitrogen and oxygen atoms in total. The molecule has 0 amide bonds. The quantitative estimate of drug-likeness (QED) is 0.794. The van der Waals surface area contributed by atoms with E-state index < -0.39 is 5.43 Å². The second-order valence-corrected chi connectivity index (χ2v) is 6.83. The Balaban J connectivity index is 2.36. The number of hydrogen-bond donors (Lipinski definition) is 2. The third kappa shape index (κ3) is 3.04. The van der Waals surface area contributed by atoms with Gasteiger partial charge in [0.25, 0.3) is 0 Å². The van der Waals surface area contributed by atoms with Gasteiger partial charge in [0.05, 0.1) is 5.03 Å². The third-order valence-corrected chi connectivity index (χ3v) is 5.06. The molecule has 1 fully saturated rings. The predicted molar refractivity (Wildman–Crippen MR) is 104 cm³/mol. The zero-order chi connectivity index (χ0) is 19.0. The summed E-state index contributed by atoms with van der Waals surface area (Å²) < 4.78 is 5.96. The Bertz CT molecular complexity index is 989. The molecule has 0 bridgehead atoms. The average molecular weight is 374 g/mol. The number of likely N-dealkylation sites (N-methyl/N-ethyl adjacent to an activating group) is 1. The molecule has 2 heterocycles. The Morgan fingerprint density at radius 1 is 1.31 bits per heavy atom. The molecule has 6 heteroatoms. The van der Waals surface area contributed by atoms with Gasteiger partial charge in [0, 0.05) is 35.7 Å². The Morgan fingerprint density at radius 3 is 2.62 bits per heavy atom. The van der Waals surface area contributed by atoms with E-state index in [9.17, 15) is 15.0 Å². The van der Waals surface area contributed by atoms with Gasteiger partial charge in [0.2, 0.25) is 0 Å². The topological polar surface area (TPSA) is 73.9 Å². The maximum atomic E-state index is 12.7. The van der Waals surface area contributed by atoms with Crippen LogP contribution in [0, 0.1) is 0 Å². The van der Waals surface area contributed by atoms with E-state index >= 15 is 0 Å². The molecule has 1 aromatic carbocycles. The highest BCUT2D eigenvalue weighted by Crippen LogP contribution is 2.41. The third-order valence-electron chi connectivity index (χ3n) is 4.70. The summed E-state index contributed by atoms with van der Waals surface area (Å²) in [4.78, 5) is 14.8. The van der Waals surface area contributed by atoms with Gasteiger partial charge >= 0.3 is 0 Å². The van der Waals surface area contributed by atoms with E-state index in [0.717, 1.165) is 19.5 Å². The minimum atomic E-state index is -0.417. The van der Waals surface area contributed by atoms with E-state index in [1.165, 1.54) is 24.3 Å². The summed E-state index contributed by atoms with van der Waals surface area (Å²) >= 11 is 6.14. The minimum absolute atomic E-state index is 0.00691. The van der Waals surface area contributed by atoms with Crippen molar-refractivity contribution in [2.45, 2.75) is 12.3 Å². The maximum absolute atomic E-state index is 12.7. The van der Waals surface area contributed by atoms with Crippen LogP contribution in [0.15, 0.2) is 51.7 Å². The van der Waals surface area contributed by atoms with Crippen molar-refractivity contribution in [1.29, 1.82) is 0 Å². The van der Waals surface area contributed by atoms with Crippen LogP contribution in [-0.4, -0.2) is 35.3 Å². The lowest BCUT2D eigenvalue weighted by atomic mass is 9.94. The molecule has 1 unspecified atom stereocenters. The van der Waals surface area contributed by atoms with Gasteiger partial charge in [0.15, 0.2) is 5.43 Å². The molecule has 0 spiro atoms. The summed E-state index contributed by atoms with van der Waals surface area (Å²) in [6, 6.07) is 2.46. The lowest BCUT2D eigenvalue weighted by molar-refractivity contribution is 0.406. The van der Waals surface area contributed by atoms with Gasteiger partial charge in [-0.1, -0.05) is 30.8 Å². The van der Waals surface area contributed by atoms with Crippen LogP contribution in [0.2, 0.25) is 0 Å². The predicted octanol–water partition coefficient (Wildman–Crippen LogP) is 3.95. The molecule has 1 atom stereocenters. The maximum Gasteiger partial charge on any atom is 0.197 e. The number of halogens is 1. The molecular formula is C20H20ClNO4. The van der Waals surface area contributed by atoms with Crippen LogP contribution in [0.4, 0.5) is 0 Å². The second kappa shape index (κ2) is 7.02. The SMILES string of the molecule is C=C/C(Cl)=C(\C=C)c1cc(=O)c2c(O)cc(O)c(C3CCN(C)C3)c2o1. The molecule has 1 aliphatic rings. The molecule has 1 aliphatic heterocycles. The number of nitrogens with zero attached hydrogens (tertiary/aromatic N) is 1. The standard InChI is InChI=1S/C20H20ClNO4/c1-4-12(13(21)5-2)17-9-16(25)19-15(24)8-14(23)18(20(19)26-17)11-6-7-22(3)10-11/h4-5,8-9,11,23-24H,1-2,6-7,10H2,3H3/b13-12-. The molecule has 2 aromatic rings. The number of hydrogen-bond acceptors (Lipinski definition) is 5. The van der Waals surface area contributed by atoms with Gasteiger partial charge in [-0.3, -0.25) is 4.79 Å². The van der Waals surface area contributed by atoms with Crippen LogP contribution in [0.25, 0.3) is 16.5 Å². The molecule has 0 saturated carbocycles. The lowest BCUT2D eigenvalue weighted by Crippen LogP contribution is -2.14. The monoisotopic (exact) mass is 373 g/mol. The summed E-state index contributed by atoms with van der Waals surface area (Å²) in [5, 5.41) is 21.0. The number of aromatic hydroxyl groups is 2. The first-order chi connectivity index (χ1) is 12.4. The van der Waals surface area contributed by atoms with Crippen molar-refractivity contribution in [1.82, 2.24) is 4.90 Å². The molecule has 26 heavy (non-hydrogen) atoms. The van der Waals surface area contributed by atoms with Crippen molar-refractivity contribution >= 4 is 28.1 Å². The minimum Gasteiger partial charge on any atom is -0.507 e. The molecule has 1 saturated heterocycles. The van der Waals surface area contributed by atoms with Crippen LogP contribution in [0.1, 0.15) is 23.7 Å². The van der Waals surface area contributed by atoms with E-state index in [1.54, 1.807) is 0 Å². The van der Waals surface area contributed by atoms with Crippen LogP contribution in [0.5, 0.6) is 11.5 Å². The van der Waals surface area contributed by atoms with Crippen molar-refractivity contribution in [3.8, 4) is 11.5 Å². The van der Waals surface area contributed by atoms with Crippen LogP contribution in [-0.2, 0) is 0 Å². The number of fused-ring (bicyclic) bond motifs is 1. The average Bonchev–Trinajstić information content (AvgIpc) is 3.00. The van der Waals surface area contributed by atoms with Gasteiger partial charge in [0.1, 0.15) is 28.2 Å². The first-order valence-electron chi connectivity index (χ1n) is 8.23. The summed E-state index contributed by atoms with van der Waals surface area (Å²) in [5.74, 6) is -0.200. The van der Waals surface area contributed by atoms with Crippen LogP contribution >= 0.6 is 11.6 Å². The Hall–Kier alpha value is -2.50. The first-order valence-corrected chi connectivity index (χ1v) is 8.61. The highest BCUT2D eigenvalue weighted by molar-refractivity contribution is 6.34. The summed E-state index contributed by atoms with van der Waals surface area (Å²) in [6.45, 7) is 8.91. The fraction of sp³-hybridized carbons (Fsp3) is 0.250. The van der Waals surface area contributed by atoms with E-state index in [1.807, 2.05) is 7.05 Å². The molecular weight excluding hydrogens is 354 g/mol. The molecule has 0 radical (unpaired) electrons. The summed E-state index contributed by atoms with van der Waals surface area (Å²) in [7, 11) is 1.99. The second-order valence-electron chi connectivity index (χ2n) is 6.43. The molecule has 0 aliphatic carbocycles. The van der Waals surface area contributed by atoms with Gasteiger partial charge in [-0.15, -0.1) is 0 Å². The van der Waals surface area contributed by atoms with E-state index in [0.29, 0.717) is 11.1 Å². The lowest BCUT2D eigenvalue weighted by Gasteiger charge is -2.16. The van der Waals surface area contributed by atoms with Gasteiger partial charge in [-0.2, -0.15) is 0 Å². The number of benzene rings is 1. The largest absolute Gasteiger partial charge is 0.507 e. The Morgan fingerprint density at radius 2 is 2.04 bits per heavy atom. The summed E-state index contributed by atoms with van der Waals surface area (Å²) in [6.07, 6.45) is 3.71. The summed E-state index contributed by atoms with van der Waals surface area (Å²) in [5.41, 5.74) is 0.703. The smallest absolute Gasteiger partial charge is 0.197 e. The van der Waals surface area contributed by atoms with Crippen LogP contribution < -0.4 is 5.43 Å². The van der Waals surface area contributed by atoms with Crippen molar-refractivity contribution in [3.63, 3.8) is 0 Å². The van der Waals surface area contributed by atoms with E-state index in [2.05, 4.69) is 18.1 Å². The van der Waals surface area contributed by atoms with E-state index in [-0.39, 0.29) is 39.2 Å². The van der Waals surface area contributed by atoms with E-state index in [4.69, 9.17) is 16.0 Å². The molecule has 1 aromatic heterocycles. The van der Waals surface area contributed by atoms with Crippen molar-refractivity contribution in [2.24, 2.45) is 0 Å². The highest BCUT2D eigenvalue weighted by atomic mass is 35.5. The van der Waals surface area contributed by atoms with Crippen molar-refractivity contribution < 1.29 is 14.6 Å². The number of likely N-dealkylation sites (tertiary alicyclic amines) is 1. The Labute approximate surface area is 156 Å². The zero-order valence-electron chi connectivity index (χ0n) is 14.5. The molecule has 3 rings (SSSR count). The van der Waals surface area contributed by atoms with Gasteiger partial charge in [-0.05, 0) is 26.1 Å². The number of rotatable bonds is 4. The number of phenols is 2. The van der Waals surface area contributed by atoms with Gasteiger partial charge < -0.3 is 19.5 Å². The number of phenolic OH excluding ortho intramolecular Hbond substituents is 2. The fourth-order valence-electron chi connectivity index (χ4n) is 3.45. The molecule has 136 valence electrons. The first kappa shape index (κ1) is 18.3. The van der Waals surface area contributed by atoms with Crippen LogP contribution in [0.3, 0.4) is 0 Å². The number of allylic oxidation sites excluding steroid dienone is 4. The fourth-order valence-corrected chi connectivity index (χ4v) is 3.62. The normalized spacial score (nSPS) is 18.8.